The molecule has 1 amide bonds. The van der Waals surface area contributed by atoms with E-state index in [0.717, 1.165) is 54.5 Å². The van der Waals surface area contributed by atoms with Crippen molar-refractivity contribution in [3.05, 3.63) is 82.9 Å². The fourth-order valence-corrected chi connectivity index (χ4v) is 6.13. The Labute approximate surface area is 317 Å². The molecule has 1 aliphatic rings. The number of nitrogens with one attached hydrogen (secondary N) is 2. The van der Waals surface area contributed by atoms with Crippen LogP contribution in [0.3, 0.4) is 0 Å². The number of fused-ring (bicyclic) bond motifs is 1. The minimum Gasteiger partial charge on any atom is -0.497 e. The maximum atomic E-state index is 12.8. The van der Waals surface area contributed by atoms with Crippen molar-refractivity contribution in [2.24, 2.45) is 0 Å². The molecule has 0 spiro atoms. The quantitative estimate of drug-likeness (QED) is 0.0673. The third-order valence-electron chi connectivity index (χ3n) is 9.00. The smallest absolute Gasteiger partial charge is 0.255 e. The molecule has 0 fully saturated rings. The summed E-state index contributed by atoms with van der Waals surface area (Å²) in [5, 5.41) is 6.37. The second kappa shape index (κ2) is 19.2. The topological polar surface area (TPSA) is 124 Å². The number of rotatable bonds is 20. The fourth-order valence-electron chi connectivity index (χ4n) is 6.13. The SMILES string of the molecule is COc1ccc2c(c1)C(=O)NC(c1ccc(OCCCCCCCOc3c(OC)cc(/C=C/c4cc(OC)c(OC)c(OC)c4)cc3OC)c(OC)c1)N2. The van der Waals surface area contributed by atoms with Crippen LogP contribution in [0.5, 0.6) is 51.7 Å². The number of hydrogen-bond acceptors (Lipinski definition) is 11. The molecule has 4 aromatic rings. The normalized spacial score (nSPS) is 13.3. The second-order valence-corrected chi connectivity index (χ2v) is 12.4. The number of unbranched alkanes of at least 4 members (excludes halogenated alkanes) is 4. The van der Waals surface area contributed by atoms with Crippen molar-refractivity contribution in [1.82, 2.24) is 5.32 Å². The lowest BCUT2D eigenvalue weighted by molar-refractivity contribution is 0.0935. The Hall–Kier alpha value is -5.91. The molecule has 1 heterocycles. The van der Waals surface area contributed by atoms with Gasteiger partial charge in [-0.1, -0.05) is 37.5 Å². The summed E-state index contributed by atoms with van der Waals surface area (Å²) in [5.74, 6) is 5.16. The highest BCUT2D eigenvalue weighted by molar-refractivity contribution is 6.02. The van der Waals surface area contributed by atoms with Gasteiger partial charge in [-0.05, 0) is 84.1 Å². The average Bonchev–Trinajstić information content (AvgIpc) is 3.21. The van der Waals surface area contributed by atoms with Crippen LogP contribution >= 0.6 is 0 Å². The van der Waals surface area contributed by atoms with E-state index in [9.17, 15) is 4.79 Å². The van der Waals surface area contributed by atoms with Gasteiger partial charge in [0, 0.05) is 5.69 Å². The largest absolute Gasteiger partial charge is 0.497 e. The summed E-state index contributed by atoms with van der Waals surface area (Å²) < 4.78 is 50.9. The molecule has 0 aromatic heterocycles. The van der Waals surface area contributed by atoms with Gasteiger partial charge in [-0.15, -0.1) is 0 Å². The first-order chi connectivity index (χ1) is 26.3. The van der Waals surface area contributed by atoms with E-state index < -0.39 is 6.17 Å². The Morgan fingerprint density at radius 1 is 0.519 bits per heavy atom. The molecule has 1 unspecified atom stereocenters. The van der Waals surface area contributed by atoms with Crippen LogP contribution in [0.2, 0.25) is 0 Å². The summed E-state index contributed by atoms with van der Waals surface area (Å²) in [4.78, 5) is 12.8. The molecule has 5 rings (SSSR count). The third kappa shape index (κ3) is 9.54. The van der Waals surface area contributed by atoms with Gasteiger partial charge in [-0.3, -0.25) is 4.79 Å². The standard InChI is InChI=1S/C42H50N2O10/c1-46-30-16-17-32-31(26-30)42(45)44-41(43-32)29-15-18-33(34(25-29)47-2)53-19-11-9-8-10-12-20-54-40-37(50-5)23-28(24-38(40)51-6)14-13-27-21-35(48-3)39(52-7)36(22-27)49-4/h13-18,21-26,41,43H,8-12,19-20H2,1-7H3,(H,44,45)/b14-13+. The summed E-state index contributed by atoms with van der Waals surface area (Å²) >= 11 is 0. The summed E-state index contributed by atoms with van der Waals surface area (Å²) in [7, 11) is 11.2. The van der Waals surface area contributed by atoms with E-state index in [1.54, 1.807) is 55.8 Å². The first kappa shape index (κ1) is 39.3. The van der Waals surface area contributed by atoms with E-state index in [-0.39, 0.29) is 5.91 Å². The molecule has 1 atom stereocenters. The molecule has 0 bridgehead atoms. The molecule has 1 aliphatic heterocycles. The van der Waals surface area contributed by atoms with E-state index in [4.69, 9.17) is 42.6 Å². The van der Waals surface area contributed by atoms with Gasteiger partial charge in [0.2, 0.25) is 11.5 Å². The Morgan fingerprint density at radius 3 is 1.63 bits per heavy atom. The first-order valence-corrected chi connectivity index (χ1v) is 17.8. The van der Waals surface area contributed by atoms with Crippen molar-refractivity contribution in [3.8, 4) is 51.7 Å². The van der Waals surface area contributed by atoms with Crippen LogP contribution in [-0.4, -0.2) is 68.9 Å². The molecule has 0 aliphatic carbocycles. The summed E-state index contributed by atoms with van der Waals surface area (Å²) in [6.45, 7) is 1.10. The number of hydrogen-bond donors (Lipinski definition) is 2. The van der Waals surface area contributed by atoms with Crippen LogP contribution in [0, 0.1) is 0 Å². The number of benzene rings is 4. The molecule has 0 saturated carbocycles. The molecule has 4 aromatic carbocycles. The van der Waals surface area contributed by atoms with E-state index in [0.29, 0.717) is 70.5 Å². The minimum absolute atomic E-state index is 0.175. The Kier molecular flexibility index (Phi) is 14.0. The molecule has 2 N–H and O–H groups in total. The van der Waals surface area contributed by atoms with Crippen LogP contribution in [0.15, 0.2) is 60.7 Å². The number of carbonyl (C=O) groups excluding carboxylic acids is 1. The van der Waals surface area contributed by atoms with Gasteiger partial charge in [0.25, 0.3) is 5.91 Å². The first-order valence-electron chi connectivity index (χ1n) is 17.8. The summed E-state index contributed by atoms with van der Waals surface area (Å²) in [5.41, 5.74) is 3.88. The molecule has 54 heavy (non-hydrogen) atoms. The third-order valence-corrected chi connectivity index (χ3v) is 9.00. The van der Waals surface area contributed by atoms with Gasteiger partial charge in [0.15, 0.2) is 34.5 Å². The zero-order chi connectivity index (χ0) is 38.5. The van der Waals surface area contributed by atoms with Crippen molar-refractivity contribution in [3.63, 3.8) is 0 Å². The van der Waals surface area contributed by atoms with Crippen molar-refractivity contribution < 1.29 is 47.4 Å². The molecule has 0 radical (unpaired) electrons. The van der Waals surface area contributed by atoms with Gasteiger partial charge in [-0.25, -0.2) is 0 Å². The fraction of sp³-hybridized carbons (Fsp3) is 0.357. The van der Waals surface area contributed by atoms with E-state index in [2.05, 4.69) is 10.6 Å². The number of methoxy groups -OCH3 is 7. The highest BCUT2D eigenvalue weighted by atomic mass is 16.5. The number of amides is 1. The molecular formula is C42H50N2O10. The van der Waals surface area contributed by atoms with Crippen molar-refractivity contribution in [2.75, 3.05) is 68.3 Å². The monoisotopic (exact) mass is 742 g/mol. The van der Waals surface area contributed by atoms with Crippen LogP contribution in [0.4, 0.5) is 5.69 Å². The summed E-state index contributed by atoms with van der Waals surface area (Å²) in [6.07, 6.45) is 8.35. The average molecular weight is 743 g/mol. The zero-order valence-electron chi connectivity index (χ0n) is 32.0. The predicted molar refractivity (Wildman–Crippen MR) is 208 cm³/mol. The lowest BCUT2D eigenvalue weighted by atomic mass is 10.0. The molecule has 12 heteroatoms. The minimum atomic E-state index is -0.407. The molecule has 288 valence electrons. The lowest BCUT2D eigenvalue weighted by Crippen LogP contribution is -2.38. The highest BCUT2D eigenvalue weighted by Crippen LogP contribution is 2.41. The van der Waals surface area contributed by atoms with Crippen molar-refractivity contribution in [2.45, 2.75) is 38.3 Å². The van der Waals surface area contributed by atoms with Gasteiger partial charge in [-0.2, -0.15) is 0 Å². The Bertz CT molecular complexity index is 1860. The Balaban J connectivity index is 1.06. The molecular weight excluding hydrogens is 692 g/mol. The Morgan fingerprint density at radius 2 is 1.07 bits per heavy atom. The van der Waals surface area contributed by atoms with Gasteiger partial charge >= 0.3 is 0 Å². The second-order valence-electron chi connectivity index (χ2n) is 12.4. The van der Waals surface area contributed by atoms with E-state index >= 15 is 0 Å². The molecule has 12 nitrogen and oxygen atoms in total. The van der Waals surface area contributed by atoms with Gasteiger partial charge < -0.3 is 53.3 Å². The highest BCUT2D eigenvalue weighted by Gasteiger charge is 2.26. The number of carbonyl (C=O) groups is 1. The van der Waals surface area contributed by atoms with Crippen molar-refractivity contribution >= 4 is 23.7 Å². The van der Waals surface area contributed by atoms with Crippen LogP contribution in [-0.2, 0) is 0 Å². The zero-order valence-corrected chi connectivity index (χ0v) is 32.0. The van der Waals surface area contributed by atoms with Crippen molar-refractivity contribution in [1.29, 1.82) is 0 Å². The molecule has 0 saturated heterocycles. The number of anilines is 1. The maximum Gasteiger partial charge on any atom is 0.255 e. The van der Waals surface area contributed by atoms with Crippen LogP contribution < -0.4 is 53.3 Å². The van der Waals surface area contributed by atoms with E-state index in [1.165, 1.54) is 0 Å². The van der Waals surface area contributed by atoms with Crippen LogP contribution in [0.25, 0.3) is 12.2 Å². The predicted octanol–water partition coefficient (Wildman–Crippen LogP) is 8.18. The van der Waals surface area contributed by atoms with Crippen LogP contribution in [0.1, 0.15) is 65.3 Å². The lowest BCUT2D eigenvalue weighted by Gasteiger charge is -2.28. The summed E-state index contributed by atoms with van der Waals surface area (Å²) in [6, 6.07) is 18.7. The van der Waals surface area contributed by atoms with E-state index in [1.807, 2.05) is 66.7 Å². The van der Waals surface area contributed by atoms with Gasteiger partial charge in [0.1, 0.15) is 11.9 Å². The number of ether oxygens (including phenoxy) is 9. The van der Waals surface area contributed by atoms with Gasteiger partial charge in [0.05, 0.1) is 68.5 Å². The maximum absolute atomic E-state index is 12.8.